The van der Waals surface area contributed by atoms with Gasteiger partial charge in [-0.1, -0.05) is 12.1 Å². The van der Waals surface area contributed by atoms with Gasteiger partial charge in [0.05, 0.1) is 6.61 Å². The second kappa shape index (κ2) is 5.38. The summed E-state index contributed by atoms with van der Waals surface area (Å²) >= 11 is 0. The van der Waals surface area contributed by atoms with Gasteiger partial charge in [-0.05, 0) is 19.4 Å². The molecule has 0 aliphatic carbocycles. The van der Waals surface area contributed by atoms with E-state index in [0.717, 1.165) is 31.6 Å². The lowest BCUT2D eigenvalue weighted by Crippen LogP contribution is -2.26. The van der Waals surface area contributed by atoms with Gasteiger partial charge in [-0.3, -0.25) is 4.90 Å². The van der Waals surface area contributed by atoms with E-state index in [2.05, 4.69) is 4.90 Å². The zero-order chi connectivity index (χ0) is 12.3. The number of phenolic OH excluding ortho intramolecular Hbond substituents is 1. The zero-order valence-corrected chi connectivity index (χ0v) is 10.2. The molecular weight excluding hydrogens is 216 g/mol. The van der Waals surface area contributed by atoms with E-state index in [-0.39, 0.29) is 11.8 Å². The normalized spacial score (nSPS) is 20.7. The molecule has 1 aromatic rings. The van der Waals surface area contributed by atoms with Gasteiger partial charge in [0.15, 0.2) is 11.5 Å². The summed E-state index contributed by atoms with van der Waals surface area (Å²) in [4.78, 5) is 2.26. The lowest BCUT2D eigenvalue weighted by atomic mass is 10.1. The third-order valence-electron chi connectivity index (χ3n) is 3.09. The van der Waals surface area contributed by atoms with Gasteiger partial charge in [-0.2, -0.15) is 0 Å². The van der Waals surface area contributed by atoms with Crippen molar-refractivity contribution in [3.63, 3.8) is 0 Å². The number of hydrogen-bond acceptors (Lipinski definition) is 4. The number of hydrogen-bond donors (Lipinski definition) is 2. The molecule has 1 aliphatic heterocycles. The number of aromatic hydroxyl groups is 1. The summed E-state index contributed by atoms with van der Waals surface area (Å²) in [6.45, 7) is 5.11. The van der Waals surface area contributed by atoms with Crippen molar-refractivity contribution >= 4 is 0 Å². The second-order valence-corrected chi connectivity index (χ2v) is 4.48. The minimum atomic E-state index is 0.259. The number of ether oxygens (including phenoxy) is 1. The molecule has 0 spiro atoms. The Hall–Kier alpha value is -1.26. The summed E-state index contributed by atoms with van der Waals surface area (Å²) < 4.78 is 5.37. The van der Waals surface area contributed by atoms with Crippen LogP contribution >= 0.6 is 0 Å². The van der Waals surface area contributed by atoms with Crippen LogP contribution in [-0.4, -0.2) is 35.7 Å². The van der Waals surface area contributed by atoms with Crippen LogP contribution in [0.15, 0.2) is 18.2 Å². The van der Waals surface area contributed by atoms with E-state index >= 15 is 0 Å². The molecule has 1 aromatic carbocycles. The number of rotatable bonds is 4. The molecule has 1 heterocycles. The lowest BCUT2D eigenvalue weighted by Gasteiger charge is -2.17. The number of likely N-dealkylation sites (tertiary alicyclic amines) is 1. The Morgan fingerprint density at radius 2 is 2.35 bits per heavy atom. The van der Waals surface area contributed by atoms with E-state index in [4.69, 9.17) is 10.5 Å². The van der Waals surface area contributed by atoms with E-state index in [0.29, 0.717) is 12.4 Å². The van der Waals surface area contributed by atoms with Crippen LogP contribution in [-0.2, 0) is 6.54 Å². The monoisotopic (exact) mass is 236 g/mol. The van der Waals surface area contributed by atoms with Crippen LogP contribution in [0.4, 0.5) is 0 Å². The van der Waals surface area contributed by atoms with Gasteiger partial charge in [-0.25, -0.2) is 0 Å². The Kier molecular flexibility index (Phi) is 3.86. The first-order valence-corrected chi connectivity index (χ1v) is 6.12. The van der Waals surface area contributed by atoms with Crippen LogP contribution in [0, 0.1) is 0 Å². The molecule has 0 unspecified atom stereocenters. The number of para-hydroxylation sites is 1. The first kappa shape index (κ1) is 12.2. The van der Waals surface area contributed by atoms with Crippen molar-refractivity contribution in [2.24, 2.45) is 5.73 Å². The molecule has 0 aromatic heterocycles. The van der Waals surface area contributed by atoms with Crippen molar-refractivity contribution in [2.45, 2.75) is 25.9 Å². The molecule has 0 radical (unpaired) electrons. The molecule has 94 valence electrons. The Morgan fingerprint density at radius 1 is 1.53 bits per heavy atom. The molecule has 1 fully saturated rings. The molecule has 0 amide bonds. The van der Waals surface area contributed by atoms with Crippen LogP contribution < -0.4 is 10.5 Å². The predicted molar refractivity (Wildman–Crippen MR) is 67.1 cm³/mol. The molecule has 3 N–H and O–H groups in total. The second-order valence-electron chi connectivity index (χ2n) is 4.48. The van der Waals surface area contributed by atoms with Gasteiger partial charge in [-0.15, -0.1) is 0 Å². The van der Waals surface area contributed by atoms with Crippen LogP contribution in [0.1, 0.15) is 18.9 Å². The number of phenols is 1. The van der Waals surface area contributed by atoms with E-state index in [1.807, 2.05) is 19.1 Å². The first-order valence-electron chi connectivity index (χ1n) is 6.12. The minimum absolute atomic E-state index is 0.259. The van der Waals surface area contributed by atoms with Gasteiger partial charge < -0.3 is 15.6 Å². The fourth-order valence-electron chi connectivity index (χ4n) is 2.21. The van der Waals surface area contributed by atoms with Crippen molar-refractivity contribution in [1.29, 1.82) is 0 Å². The van der Waals surface area contributed by atoms with E-state index in [1.165, 1.54) is 0 Å². The molecule has 0 saturated carbocycles. The summed E-state index contributed by atoms with van der Waals surface area (Å²) in [5.74, 6) is 0.823. The van der Waals surface area contributed by atoms with Crippen molar-refractivity contribution < 1.29 is 9.84 Å². The average Bonchev–Trinajstić information content (AvgIpc) is 2.70. The molecule has 1 aliphatic rings. The summed E-state index contributed by atoms with van der Waals surface area (Å²) in [5, 5.41) is 10.1. The standard InChI is InChI=1S/C13H20N2O2/c1-2-17-12-5-3-4-10(13(12)16)8-15-7-6-11(14)9-15/h3-5,11,16H,2,6-9,14H2,1H3/t11-/m1/s1. The highest BCUT2D eigenvalue weighted by Gasteiger charge is 2.20. The number of benzene rings is 1. The minimum Gasteiger partial charge on any atom is -0.504 e. The van der Waals surface area contributed by atoms with Crippen LogP contribution in [0.2, 0.25) is 0 Å². The average molecular weight is 236 g/mol. The van der Waals surface area contributed by atoms with Gasteiger partial charge in [0.1, 0.15) is 0 Å². The molecular formula is C13H20N2O2. The van der Waals surface area contributed by atoms with Crippen molar-refractivity contribution in [1.82, 2.24) is 4.90 Å². The third kappa shape index (κ3) is 2.90. The lowest BCUT2D eigenvalue weighted by molar-refractivity contribution is 0.301. The molecule has 17 heavy (non-hydrogen) atoms. The van der Waals surface area contributed by atoms with Gasteiger partial charge >= 0.3 is 0 Å². The summed E-state index contributed by atoms with van der Waals surface area (Å²) in [6, 6.07) is 5.91. The highest BCUT2D eigenvalue weighted by atomic mass is 16.5. The van der Waals surface area contributed by atoms with Crippen LogP contribution in [0.3, 0.4) is 0 Å². The molecule has 4 nitrogen and oxygen atoms in total. The fourth-order valence-corrected chi connectivity index (χ4v) is 2.21. The summed E-state index contributed by atoms with van der Waals surface area (Å²) in [7, 11) is 0. The molecule has 2 rings (SSSR count). The molecule has 1 atom stereocenters. The van der Waals surface area contributed by atoms with E-state index in [1.54, 1.807) is 6.07 Å². The Morgan fingerprint density at radius 3 is 3.00 bits per heavy atom. The van der Waals surface area contributed by atoms with E-state index in [9.17, 15) is 5.11 Å². The molecule has 0 bridgehead atoms. The van der Waals surface area contributed by atoms with E-state index < -0.39 is 0 Å². The summed E-state index contributed by atoms with van der Waals surface area (Å²) in [5.41, 5.74) is 6.77. The smallest absolute Gasteiger partial charge is 0.162 e. The molecule has 4 heteroatoms. The first-order chi connectivity index (χ1) is 8.20. The predicted octanol–water partition coefficient (Wildman–Crippen LogP) is 1.32. The van der Waals surface area contributed by atoms with Gasteiger partial charge in [0.25, 0.3) is 0 Å². The maximum absolute atomic E-state index is 10.1. The molecule has 1 saturated heterocycles. The largest absolute Gasteiger partial charge is 0.504 e. The van der Waals surface area contributed by atoms with Crippen molar-refractivity contribution in [2.75, 3.05) is 19.7 Å². The topological polar surface area (TPSA) is 58.7 Å². The highest BCUT2D eigenvalue weighted by molar-refractivity contribution is 5.45. The van der Waals surface area contributed by atoms with Crippen LogP contribution in [0.25, 0.3) is 0 Å². The fraction of sp³-hybridized carbons (Fsp3) is 0.538. The highest BCUT2D eigenvalue weighted by Crippen LogP contribution is 2.31. The number of nitrogens with two attached hydrogens (primary N) is 1. The van der Waals surface area contributed by atoms with Crippen LogP contribution in [0.5, 0.6) is 11.5 Å². The SMILES string of the molecule is CCOc1cccc(CN2CC[C@@H](N)C2)c1O. The number of nitrogens with zero attached hydrogens (tertiary/aromatic N) is 1. The quantitative estimate of drug-likeness (QED) is 0.828. The maximum Gasteiger partial charge on any atom is 0.162 e. The van der Waals surface area contributed by atoms with Crippen molar-refractivity contribution in [3.05, 3.63) is 23.8 Å². The van der Waals surface area contributed by atoms with Crippen molar-refractivity contribution in [3.8, 4) is 11.5 Å². The van der Waals surface area contributed by atoms with Gasteiger partial charge in [0.2, 0.25) is 0 Å². The zero-order valence-electron chi connectivity index (χ0n) is 10.2. The third-order valence-corrected chi connectivity index (χ3v) is 3.09. The van der Waals surface area contributed by atoms with Gasteiger partial charge in [0, 0.05) is 31.2 Å². The Bertz CT molecular complexity index is 382. The Balaban J connectivity index is 2.07. The Labute approximate surface area is 102 Å². The maximum atomic E-state index is 10.1. The summed E-state index contributed by atoms with van der Waals surface area (Å²) in [6.07, 6.45) is 1.03.